The van der Waals surface area contributed by atoms with E-state index in [4.69, 9.17) is 16.3 Å². The summed E-state index contributed by atoms with van der Waals surface area (Å²) in [7, 11) is 1.73. The number of methoxy groups -OCH3 is 1. The second kappa shape index (κ2) is 7.28. The lowest BCUT2D eigenvalue weighted by molar-refractivity contribution is 0.158. The number of hydrogen-bond acceptors (Lipinski definition) is 2. The van der Waals surface area contributed by atoms with Crippen molar-refractivity contribution in [3.05, 3.63) is 33.3 Å². The van der Waals surface area contributed by atoms with E-state index in [1.807, 2.05) is 18.2 Å². The summed E-state index contributed by atoms with van der Waals surface area (Å²) in [6, 6.07) is 5.97. The number of nitrogens with one attached hydrogen (secondary N) is 1. The fourth-order valence-electron chi connectivity index (χ4n) is 1.46. The molecule has 0 fully saturated rings. The van der Waals surface area contributed by atoms with Crippen LogP contribution in [-0.2, 0) is 11.3 Å². The Morgan fingerprint density at radius 3 is 2.88 bits per heavy atom. The van der Waals surface area contributed by atoms with Gasteiger partial charge in [-0.3, -0.25) is 0 Å². The molecule has 0 bridgehead atoms. The summed E-state index contributed by atoms with van der Waals surface area (Å²) in [5, 5.41) is 4.14. The highest BCUT2D eigenvalue weighted by Gasteiger charge is 2.02. The molecule has 4 heteroatoms. The number of halogens is 2. The summed E-state index contributed by atoms with van der Waals surface area (Å²) in [6.07, 6.45) is 0. The number of ether oxygens (including phenoxy) is 1. The van der Waals surface area contributed by atoms with E-state index in [-0.39, 0.29) is 0 Å². The summed E-state index contributed by atoms with van der Waals surface area (Å²) >= 11 is 9.33. The van der Waals surface area contributed by atoms with Crippen LogP contribution in [0.1, 0.15) is 12.5 Å². The maximum absolute atomic E-state index is 5.92. The monoisotopic (exact) mass is 305 g/mol. The highest BCUT2D eigenvalue weighted by Crippen LogP contribution is 2.23. The Hall–Kier alpha value is -0.0900. The molecule has 0 aliphatic heterocycles. The maximum atomic E-state index is 5.92. The highest BCUT2D eigenvalue weighted by molar-refractivity contribution is 9.10. The van der Waals surface area contributed by atoms with E-state index in [0.29, 0.717) is 5.92 Å². The Labute approximate surface area is 110 Å². The molecule has 90 valence electrons. The van der Waals surface area contributed by atoms with Gasteiger partial charge in [-0.05, 0) is 39.5 Å². The molecule has 1 aromatic rings. The lowest BCUT2D eigenvalue weighted by Crippen LogP contribution is -2.23. The molecule has 1 rings (SSSR count). The average molecular weight is 307 g/mol. The van der Waals surface area contributed by atoms with Crippen LogP contribution in [0.4, 0.5) is 0 Å². The zero-order chi connectivity index (χ0) is 12.0. The van der Waals surface area contributed by atoms with Crippen molar-refractivity contribution in [1.29, 1.82) is 0 Å². The Morgan fingerprint density at radius 1 is 1.50 bits per heavy atom. The van der Waals surface area contributed by atoms with E-state index < -0.39 is 0 Å². The first-order valence-electron chi connectivity index (χ1n) is 5.27. The zero-order valence-corrected chi connectivity index (χ0v) is 11.9. The molecular formula is C12H17BrClNO. The highest BCUT2D eigenvalue weighted by atomic mass is 79.9. The summed E-state index contributed by atoms with van der Waals surface area (Å²) in [5.41, 5.74) is 1.22. The zero-order valence-electron chi connectivity index (χ0n) is 9.59. The smallest absolute Gasteiger partial charge is 0.0548 e. The molecule has 0 spiro atoms. The lowest BCUT2D eigenvalue weighted by Gasteiger charge is -2.11. The SMILES string of the molecule is COCC(C)CNCc1ccc(Cl)c(Br)c1. The van der Waals surface area contributed by atoms with Crippen molar-refractivity contribution in [3.8, 4) is 0 Å². The van der Waals surface area contributed by atoms with Crippen molar-refractivity contribution in [3.63, 3.8) is 0 Å². The Balaban J connectivity index is 2.34. The van der Waals surface area contributed by atoms with Gasteiger partial charge >= 0.3 is 0 Å². The second-order valence-electron chi connectivity index (χ2n) is 3.94. The van der Waals surface area contributed by atoms with Gasteiger partial charge in [-0.25, -0.2) is 0 Å². The van der Waals surface area contributed by atoms with Crippen molar-refractivity contribution < 1.29 is 4.74 Å². The molecule has 0 radical (unpaired) electrons. The Bertz CT molecular complexity index is 333. The molecule has 0 aliphatic carbocycles. The Kier molecular flexibility index (Phi) is 6.36. The van der Waals surface area contributed by atoms with Crippen LogP contribution in [0.25, 0.3) is 0 Å². The molecule has 1 aromatic carbocycles. The van der Waals surface area contributed by atoms with Gasteiger partial charge in [-0.2, -0.15) is 0 Å². The van der Waals surface area contributed by atoms with Gasteiger partial charge in [-0.15, -0.1) is 0 Å². The molecule has 1 atom stereocenters. The summed E-state index contributed by atoms with van der Waals surface area (Å²) in [5.74, 6) is 0.528. The maximum Gasteiger partial charge on any atom is 0.0548 e. The van der Waals surface area contributed by atoms with Crippen molar-refractivity contribution in [2.24, 2.45) is 5.92 Å². The van der Waals surface area contributed by atoms with Crippen molar-refractivity contribution in [2.75, 3.05) is 20.3 Å². The summed E-state index contributed by atoms with van der Waals surface area (Å²) < 4.78 is 6.02. The summed E-state index contributed by atoms with van der Waals surface area (Å²) in [6.45, 7) is 4.75. The van der Waals surface area contributed by atoms with Gasteiger partial charge in [0.1, 0.15) is 0 Å². The predicted molar refractivity (Wildman–Crippen MR) is 71.9 cm³/mol. The van der Waals surface area contributed by atoms with Gasteiger partial charge in [0, 0.05) is 31.3 Å². The normalized spacial score (nSPS) is 12.8. The molecule has 1 unspecified atom stereocenters. The van der Waals surface area contributed by atoms with E-state index in [0.717, 1.165) is 29.2 Å². The van der Waals surface area contributed by atoms with Crippen LogP contribution >= 0.6 is 27.5 Å². The fourth-order valence-corrected chi connectivity index (χ4v) is 2.00. The molecular weight excluding hydrogens is 289 g/mol. The van der Waals surface area contributed by atoms with Gasteiger partial charge in [0.15, 0.2) is 0 Å². The molecule has 16 heavy (non-hydrogen) atoms. The van der Waals surface area contributed by atoms with Crippen LogP contribution in [0.3, 0.4) is 0 Å². The second-order valence-corrected chi connectivity index (χ2v) is 5.20. The first-order valence-corrected chi connectivity index (χ1v) is 6.44. The van der Waals surface area contributed by atoms with Crippen molar-refractivity contribution in [1.82, 2.24) is 5.32 Å². The van der Waals surface area contributed by atoms with Crippen molar-refractivity contribution in [2.45, 2.75) is 13.5 Å². The van der Waals surface area contributed by atoms with E-state index >= 15 is 0 Å². The molecule has 0 saturated carbocycles. The largest absolute Gasteiger partial charge is 0.384 e. The van der Waals surface area contributed by atoms with Crippen LogP contribution < -0.4 is 5.32 Å². The van der Waals surface area contributed by atoms with Gasteiger partial charge in [-0.1, -0.05) is 24.6 Å². The number of benzene rings is 1. The number of rotatable bonds is 6. The standard InChI is InChI=1S/C12H17BrClNO/c1-9(8-16-2)6-15-7-10-3-4-12(14)11(13)5-10/h3-5,9,15H,6-8H2,1-2H3. The van der Waals surface area contributed by atoms with E-state index in [2.05, 4.69) is 28.2 Å². The minimum atomic E-state index is 0.528. The van der Waals surface area contributed by atoms with Gasteiger partial charge in [0.05, 0.1) is 5.02 Å². The lowest BCUT2D eigenvalue weighted by atomic mass is 10.2. The first-order chi connectivity index (χ1) is 7.63. The predicted octanol–water partition coefficient (Wildman–Crippen LogP) is 3.47. The number of hydrogen-bond donors (Lipinski definition) is 1. The van der Waals surface area contributed by atoms with Crippen LogP contribution in [-0.4, -0.2) is 20.3 Å². The average Bonchev–Trinajstić information content (AvgIpc) is 2.24. The summed E-state index contributed by atoms with van der Waals surface area (Å²) in [4.78, 5) is 0. The molecule has 0 heterocycles. The van der Waals surface area contributed by atoms with E-state index in [9.17, 15) is 0 Å². The molecule has 2 nitrogen and oxygen atoms in total. The van der Waals surface area contributed by atoms with Crippen LogP contribution in [0, 0.1) is 5.92 Å². The van der Waals surface area contributed by atoms with Gasteiger partial charge < -0.3 is 10.1 Å². The Morgan fingerprint density at radius 2 is 2.25 bits per heavy atom. The fraction of sp³-hybridized carbons (Fsp3) is 0.500. The third-order valence-corrected chi connectivity index (χ3v) is 3.47. The molecule has 0 aromatic heterocycles. The first kappa shape index (κ1) is 14.0. The topological polar surface area (TPSA) is 21.3 Å². The van der Waals surface area contributed by atoms with Gasteiger partial charge in [0.2, 0.25) is 0 Å². The molecule has 1 N–H and O–H groups in total. The molecule has 0 saturated heterocycles. The molecule has 0 aliphatic rings. The minimum absolute atomic E-state index is 0.528. The van der Waals surface area contributed by atoms with Crippen LogP contribution in [0.15, 0.2) is 22.7 Å². The quantitative estimate of drug-likeness (QED) is 0.869. The van der Waals surface area contributed by atoms with E-state index in [1.54, 1.807) is 7.11 Å². The molecule has 0 amide bonds. The third-order valence-electron chi connectivity index (χ3n) is 2.26. The third kappa shape index (κ3) is 4.83. The van der Waals surface area contributed by atoms with Crippen LogP contribution in [0.2, 0.25) is 5.02 Å². The van der Waals surface area contributed by atoms with Crippen LogP contribution in [0.5, 0.6) is 0 Å². The minimum Gasteiger partial charge on any atom is -0.384 e. The van der Waals surface area contributed by atoms with E-state index in [1.165, 1.54) is 5.56 Å². The van der Waals surface area contributed by atoms with Crippen molar-refractivity contribution >= 4 is 27.5 Å². The van der Waals surface area contributed by atoms with Gasteiger partial charge in [0.25, 0.3) is 0 Å².